The lowest BCUT2D eigenvalue weighted by atomic mass is 10.1. The van der Waals surface area contributed by atoms with Crippen molar-refractivity contribution in [3.05, 3.63) is 96.1 Å². The zero-order valence-electron chi connectivity index (χ0n) is 20.9. The van der Waals surface area contributed by atoms with E-state index < -0.39 is 22.0 Å². The van der Waals surface area contributed by atoms with Crippen molar-refractivity contribution in [3.8, 4) is 5.75 Å². The Morgan fingerprint density at radius 1 is 0.917 bits per heavy atom. The number of carbonyl (C=O) groups is 1. The van der Waals surface area contributed by atoms with Crippen molar-refractivity contribution in [1.29, 1.82) is 0 Å². The topological polar surface area (TPSA) is 75.7 Å². The van der Waals surface area contributed by atoms with Crippen LogP contribution in [0.5, 0.6) is 5.75 Å². The molecular formula is C29H30N2O4S. The molecule has 0 fully saturated rings. The summed E-state index contributed by atoms with van der Waals surface area (Å²) in [6, 6.07) is 24.0. The first kappa shape index (κ1) is 25.3. The average molecular weight is 503 g/mol. The number of sulfonamides is 1. The number of nitrogens with one attached hydrogen (secondary N) is 1. The van der Waals surface area contributed by atoms with Crippen molar-refractivity contribution < 1.29 is 17.9 Å². The summed E-state index contributed by atoms with van der Waals surface area (Å²) in [5.41, 5.74) is 2.75. The van der Waals surface area contributed by atoms with E-state index in [-0.39, 0.29) is 4.90 Å². The average Bonchev–Trinajstić information content (AvgIpc) is 2.87. The molecule has 0 aromatic heterocycles. The lowest BCUT2D eigenvalue weighted by Crippen LogP contribution is -2.46. The van der Waals surface area contributed by atoms with E-state index in [1.165, 1.54) is 4.31 Å². The van der Waals surface area contributed by atoms with Crippen LogP contribution in [0.1, 0.15) is 25.0 Å². The number of fused-ring (bicyclic) bond motifs is 1. The van der Waals surface area contributed by atoms with Gasteiger partial charge in [0, 0.05) is 11.1 Å². The zero-order valence-corrected chi connectivity index (χ0v) is 21.7. The molecule has 0 aliphatic heterocycles. The summed E-state index contributed by atoms with van der Waals surface area (Å²) in [7, 11) is -4.12. The van der Waals surface area contributed by atoms with E-state index in [1.54, 1.807) is 61.5 Å². The molecule has 0 aliphatic rings. The van der Waals surface area contributed by atoms with Crippen LogP contribution in [-0.4, -0.2) is 27.0 Å². The largest absolute Gasteiger partial charge is 0.494 e. The van der Waals surface area contributed by atoms with Crippen molar-refractivity contribution in [1.82, 2.24) is 0 Å². The Morgan fingerprint density at radius 2 is 1.58 bits per heavy atom. The molecule has 1 amide bonds. The summed E-state index contributed by atoms with van der Waals surface area (Å²) >= 11 is 0. The Hall–Kier alpha value is -3.84. The molecule has 0 bridgehead atoms. The van der Waals surface area contributed by atoms with Crippen molar-refractivity contribution >= 4 is 38.1 Å². The highest BCUT2D eigenvalue weighted by atomic mass is 32.2. The number of anilines is 2. The van der Waals surface area contributed by atoms with E-state index in [2.05, 4.69) is 5.32 Å². The van der Waals surface area contributed by atoms with E-state index in [0.717, 1.165) is 16.5 Å². The SMILES string of the molecule is CCOc1ccc(NC(=O)C(C)N(c2cccc(C)c2C)S(=O)(=O)c2cccc3ccccc23)cc1. The summed E-state index contributed by atoms with van der Waals surface area (Å²) in [6.45, 7) is 7.84. The Morgan fingerprint density at radius 3 is 2.31 bits per heavy atom. The van der Waals surface area contributed by atoms with Gasteiger partial charge >= 0.3 is 0 Å². The van der Waals surface area contributed by atoms with Crippen LogP contribution in [0, 0.1) is 13.8 Å². The molecule has 36 heavy (non-hydrogen) atoms. The molecule has 1 unspecified atom stereocenters. The van der Waals surface area contributed by atoms with Gasteiger partial charge in [0.25, 0.3) is 10.0 Å². The standard InChI is InChI=1S/C29H30N2O4S/c1-5-35-25-18-16-24(17-19-25)30-29(32)22(4)31(27-14-8-10-20(2)21(27)3)36(33,34)28-15-9-12-23-11-6-7-13-26(23)28/h6-19,22H,5H2,1-4H3,(H,30,32). The number of benzene rings is 4. The fraction of sp³-hybridized carbons (Fsp3) is 0.207. The molecule has 4 aromatic rings. The van der Waals surface area contributed by atoms with Crippen LogP contribution in [0.25, 0.3) is 10.8 Å². The predicted molar refractivity (Wildman–Crippen MR) is 145 cm³/mol. The van der Waals surface area contributed by atoms with E-state index in [9.17, 15) is 13.2 Å². The van der Waals surface area contributed by atoms with Gasteiger partial charge < -0.3 is 10.1 Å². The number of amides is 1. The van der Waals surface area contributed by atoms with Gasteiger partial charge in [-0.15, -0.1) is 0 Å². The van der Waals surface area contributed by atoms with Gasteiger partial charge in [-0.05, 0) is 80.6 Å². The second kappa shape index (κ2) is 10.4. The molecule has 0 radical (unpaired) electrons. The smallest absolute Gasteiger partial charge is 0.265 e. The van der Waals surface area contributed by atoms with Gasteiger partial charge in [0.2, 0.25) is 5.91 Å². The fourth-order valence-corrected chi connectivity index (χ4v) is 6.10. The van der Waals surface area contributed by atoms with Gasteiger partial charge in [0.15, 0.2) is 0 Å². The summed E-state index contributed by atoms with van der Waals surface area (Å²) < 4.78 is 35.2. The maximum Gasteiger partial charge on any atom is 0.265 e. The molecule has 0 saturated carbocycles. The third kappa shape index (κ3) is 4.93. The number of carbonyl (C=O) groups excluding carboxylic acids is 1. The van der Waals surface area contributed by atoms with Gasteiger partial charge in [-0.25, -0.2) is 8.42 Å². The Labute approximate surface area is 212 Å². The summed E-state index contributed by atoms with van der Waals surface area (Å²) in [6.07, 6.45) is 0. The number of hydrogen-bond donors (Lipinski definition) is 1. The minimum atomic E-state index is -4.12. The Balaban J connectivity index is 1.78. The van der Waals surface area contributed by atoms with Crippen LogP contribution >= 0.6 is 0 Å². The van der Waals surface area contributed by atoms with Crippen molar-refractivity contribution in [2.45, 2.75) is 38.6 Å². The van der Waals surface area contributed by atoms with Crippen molar-refractivity contribution in [3.63, 3.8) is 0 Å². The molecule has 1 N–H and O–H groups in total. The second-order valence-corrected chi connectivity index (χ2v) is 10.4. The molecule has 4 aromatic carbocycles. The van der Waals surface area contributed by atoms with Crippen LogP contribution < -0.4 is 14.4 Å². The minimum Gasteiger partial charge on any atom is -0.494 e. The molecule has 7 heteroatoms. The summed E-state index contributed by atoms with van der Waals surface area (Å²) in [4.78, 5) is 13.6. The molecule has 0 heterocycles. The zero-order chi connectivity index (χ0) is 25.9. The van der Waals surface area contributed by atoms with Crippen molar-refractivity contribution in [2.75, 3.05) is 16.2 Å². The molecular weight excluding hydrogens is 472 g/mol. The second-order valence-electron chi connectivity index (χ2n) is 8.62. The van der Waals surface area contributed by atoms with E-state index >= 15 is 0 Å². The van der Waals surface area contributed by atoms with E-state index in [0.29, 0.717) is 29.1 Å². The molecule has 186 valence electrons. The summed E-state index contributed by atoms with van der Waals surface area (Å²) in [5, 5.41) is 4.27. The van der Waals surface area contributed by atoms with Crippen LogP contribution in [0.2, 0.25) is 0 Å². The van der Waals surface area contributed by atoms with Crippen LogP contribution in [-0.2, 0) is 14.8 Å². The first-order chi connectivity index (χ1) is 17.2. The van der Waals surface area contributed by atoms with Crippen LogP contribution in [0.4, 0.5) is 11.4 Å². The quantitative estimate of drug-likeness (QED) is 0.317. The molecule has 0 spiro atoms. The molecule has 0 saturated heterocycles. The number of aryl methyl sites for hydroxylation is 1. The van der Waals surface area contributed by atoms with Crippen LogP contribution in [0.3, 0.4) is 0 Å². The number of nitrogens with zero attached hydrogens (tertiary/aromatic N) is 1. The number of hydrogen-bond acceptors (Lipinski definition) is 4. The van der Waals surface area contributed by atoms with Gasteiger partial charge in [0.05, 0.1) is 17.2 Å². The third-order valence-corrected chi connectivity index (χ3v) is 8.21. The van der Waals surface area contributed by atoms with E-state index in [1.807, 2.05) is 51.1 Å². The molecule has 6 nitrogen and oxygen atoms in total. The maximum atomic E-state index is 14.3. The van der Waals surface area contributed by atoms with Gasteiger partial charge in [0.1, 0.15) is 11.8 Å². The molecule has 1 atom stereocenters. The van der Waals surface area contributed by atoms with E-state index in [4.69, 9.17) is 4.74 Å². The third-order valence-electron chi connectivity index (χ3n) is 6.26. The first-order valence-electron chi connectivity index (χ1n) is 11.9. The lowest BCUT2D eigenvalue weighted by molar-refractivity contribution is -0.116. The van der Waals surface area contributed by atoms with Crippen molar-refractivity contribution in [2.24, 2.45) is 0 Å². The molecule has 0 aliphatic carbocycles. The number of ether oxygens (including phenoxy) is 1. The first-order valence-corrected chi connectivity index (χ1v) is 13.3. The monoisotopic (exact) mass is 502 g/mol. The normalized spacial score (nSPS) is 12.2. The Kier molecular flexibility index (Phi) is 7.31. The maximum absolute atomic E-state index is 14.3. The fourth-order valence-electron chi connectivity index (χ4n) is 4.20. The van der Waals surface area contributed by atoms with Gasteiger partial charge in [-0.3, -0.25) is 9.10 Å². The van der Waals surface area contributed by atoms with Crippen LogP contribution in [0.15, 0.2) is 89.8 Å². The highest BCUT2D eigenvalue weighted by Crippen LogP contribution is 2.34. The lowest BCUT2D eigenvalue weighted by Gasteiger charge is -2.31. The Bertz CT molecular complexity index is 1490. The van der Waals surface area contributed by atoms with Gasteiger partial charge in [-0.2, -0.15) is 0 Å². The minimum absolute atomic E-state index is 0.155. The molecule has 4 rings (SSSR count). The van der Waals surface area contributed by atoms with Gasteiger partial charge in [-0.1, -0.05) is 48.5 Å². The number of rotatable bonds is 8. The predicted octanol–water partition coefficient (Wildman–Crippen LogP) is 6.08. The highest BCUT2D eigenvalue weighted by Gasteiger charge is 2.35. The summed E-state index contributed by atoms with van der Waals surface area (Å²) in [5.74, 6) is 0.253. The highest BCUT2D eigenvalue weighted by molar-refractivity contribution is 7.93.